The fourth-order valence-electron chi connectivity index (χ4n) is 2.12. The third kappa shape index (κ3) is 1.94. The van der Waals surface area contributed by atoms with E-state index < -0.39 is 5.92 Å². The average molecular weight is 259 g/mol. The van der Waals surface area contributed by atoms with Gasteiger partial charge in [-0.1, -0.05) is 12.2 Å². The zero-order valence-corrected chi connectivity index (χ0v) is 10.8. The second kappa shape index (κ2) is 4.72. The number of allylic oxidation sites excluding steroid dienone is 2. The molecule has 1 unspecified atom stereocenters. The van der Waals surface area contributed by atoms with Crippen LogP contribution < -0.4 is 5.32 Å². The van der Waals surface area contributed by atoms with Crippen molar-refractivity contribution < 1.29 is 9.21 Å². The molecule has 0 saturated carbocycles. The van der Waals surface area contributed by atoms with Crippen molar-refractivity contribution in [2.45, 2.75) is 19.8 Å². The molecule has 1 aliphatic rings. The van der Waals surface area contributed by atoms with Crippen LogP contribution in [-0.4, -0.2) is 16.6 Å². The third-order valence-electron chi connectivity index (χ3n) is 2.85. The van der Waals surface area contributed by atoms with E-state index in [1.165, 1.54) is 13.2 Å². The van der Waals surface area contributed by atoms with Crippen LogP contribution in [0.5, 0.6) is 0 Å². The lowest BCUT2D eigenvalue weighted by Crippen LogP contribution is -2.34. The quantitative estimate of drug-likeness (QED) is 0.503. The average Bonchev–Trinajstić information content (AvgIpc) is 2.80. The first-order valence-electron chi connectivity index (χ1n) is 5.39. The normalized spacial score (nSPS) is 19.6. The Morgan fingerprint density at radius 2 is 2.33 bits per heavy atom. The summed E-state index contributed by atoms with van der Waals surface area (Å²) in [6, 6.07) is 3.47. The van der Waals surface area contributed by atoms with Gasteiger partial charge in [-0.05, 0) is 26.0 Å². The van der Waals surface area contributed by atoms with E-state index in [1.807, 2.05) is 0 Å². The van der Waals surface area contributed by atoms with E-state index in [-0.39, 0.29) is 5.78 Å². The van der Waals surface area contributed by atoms with Gasteiger partial charge in [-0.3, -0.25) is 10.7 Å². The van der Waals surface area contributed by atoms with Crippen LogP contribution in [0.4, 0.5) is 0 Å². The lowest BCUT2D eigenvalue weighted by atomic mass is 9.83. The van der Waals surface area contributed by atoms with Gasteiger partial charge >= 0.3 is 0 Å². The number of carbonyl (C=O) groups is 1. The van der Waals surface area contributed by atoms with E-state index in [9.17, 15) is 10.2 Å². The van der Waals surface area contributed by atoms with E-state index >= 15 is 0 Å². The van der Waals surface area contributed by atoms with Crippen LogP contribution in [0.25, 0.3) is 5.41 Å². The summed E-state index contributed by atoms with van der Waals surface area (Å²) < 4.78 is 5.34. The van der Waals surface area contributed by atoms with Gasteiger partial charge in [0.2, 0.25) is 0 Å². The molecular formula is C13H11N2O2S-. The molecule has 4 nitrogen and oxygen atoms in total. The summed E-state index contributed by atoms with van der Waals surface area (Å²) in [5, 5.41) is 12.1. The molecule has 2 heterocycles. The summed E-state index contributed by atoms with van der Waals surface area (Å²) in [6.07, 6.45) is 1.52. The molecular weight excluding hydrogens is 248 g/mol. The largest absolute Gasteiger partial charge is 0.763 e. The second-order valence-electron chi connectivity index (χ2n) is 4.02. The number of ketones is 1. The predicted molar refractivity (Wildman–Crippen MR) is 72.4 cm³/mol. The lowest BCUT2D eigenvalue weighted by Gasteiger charge is -2.28. The molecule has 0 aromatic carbocycles. The molecule has 0 aliphatic carbocycles. The Morgan fingerprint density at radius 3 is 2.83 bits per heavy atom. The van der Waals surface area contributed by atoms with Crippen LogP contribution in [0, 0.1) is 0 Å². The van der Waals surface area contributed by atoms with Gasteiger partial charge in [-0.2, -0.15) is 0 Å². The maximum absolute atomic E-state index is 11.8. The molecule has 2 rings (SSSR count). The Bertz CT molecular complexity index is 593. The molecule has 1 N–H and O–H groups in total. The van der Waals surface area contributed by atoms with Gasteiger partial charge in [-0.15, -0.1) is 0 Å². The third-order valence-corrected chi connectivity index (χ3v) is 3.18. The Kier molecular flexibility index (Phi) is 3.28. The van der Waals surface area contributed by atoms with Crippen molar-refractivity contribution in [2.75, 3.05) is 0 Å². The SMILES string of the molecule is CC(=O)C1=C(C)NC(=S)C(=C=[N-])C1c1ccco1. The van der Waals surface area contributed by atoms with E-state index in [4.69, 9.17) is 16.6 Å². The number of hydrogen-bond donors (Lipinski definition) is 1. The van der Waals surface area contributed by atoms with Gasteiger partial charge in [0.15, 0.2) is 5.78 Å². The van der Waals surface area contributed by atoms with Crippen LogP contribution in [0.15, 0.2) is 39.7 Å². The Balaban J connectivity index is 2.67. The fraction of sp³-hybridized carbons (Fsp3) is 0.231. The zero-order chi connectivity index (χ0) is 13.3. The lowest BCUT2D eigenvalue weighted by molar-refractivity contribution is -0.113. The van der Waals surface area contributed by atoms with Gasteiger partial charge in [-0.25, -0.2) is 0 Å². The summed E-state index contributed by atoms with van der Waals surface area (Å²) in [5.41, 5.74) is 1.54. The number of nitrogens with one attached hydrogen (secondary N) is 1. The van der Waals surface area contributed by atoms with E-state index in [0.717, 1.165) is 0 Å². The first-order chi connectivity index (χ1) is 8.56. The summed E-state index contributed by atoms with van der Waals surface area (Å²) in [5.74, 6) is 2.02. The number of hydrogen-bond acceptors (Lipinski definition) is 3. The Labute approximate surface area is 110 Å². The predicted octanol–water partition coefficient (Wildman–Crippen LogP) is 2.32. The number of carbonyl (C=O) groups excluding carboxylic acids is 1. The van der Waals surface area contributed by atoms with Crippen LogP contribution in [0.2, 0.25) is 0 Å². The molecule has 1 atom stereocenters. The number of furan rings is 1. The van der Waals surface area contributed by atoms with Gasteiger partial charge in [0.25, 0.3) is 0 Å². The van der Waals surface area contributed by atoms with Gasteiger partial charge in [0, 0.05) is 16.8 Å². The monoisotopic (exact) mass is 259 g/mol. The van der Waals surface area contributed by atoms with Crippen molar-refractivity contribution in [3.05, 3.63) is 46.4 Å². The maximum atomic E-state index is 11.8. The molecule has 5 heteroatoms. The molecule has 1 aliphatic heterocycles. The summed E-state index contributed by atoms with van der Waals surface area (Å²) >= 11 is 5.14. The van der Waals surface area contributed by atoms with Crippen molar-refractivity contribution in [1.29, 1.82) is 0 Å². The van der Waals surface area contributed by atoms with Crippen LogP contribution in [0.3, 0.4) is 0 Å². The number of thiocarbonyl (C=S) groups is 1. The molecule has 92 valence electrons. The minimum Gasteiger partial charge on any atom is -0.763 e. The molecule has 0 saturated heterocycles. The van der Waals surface area contributed by atoms with Gasteiger partial charge in [0.1, 0.15) is 10.7 Å². The Morgan fingerprint density at radius 1 is 1.61 bits per heavy atom. The smallest absolute Gasteiger partial charge is 0.158 e. The highest BCUT2D eigenvalue weighted by molar-refractivity contribution is 7.80. The summed E-state index contributed by atoms with van der Waals surface area (Å²) in [7, 11) is 0. The number of rotatable bonds is 2. The molecule has 1 aromatic rings. The highest BCUT2D eigenvalue weighted by atomic mass is 32.1. The first-order valence-corrected chi connectivity index (χ1v) is 5.80. The van der Waals surface area contributed by atoms with E-state index in [0.29, 0.717) is 27.6 Å². The fourth-order valence-corrected chi connectivity index (χ4v) is 2.44. The molecule has 1 aromatic heterocycles. The van der Waals surface area contributed by atoms with Crippen molar-refractivity contribution in [1.82, 2.24) is 5.32 Å². The van der Waals surface area contributed by atoms with E-state index in [1.54, 1.807) is 19.1 Å². The van der Waals surface area contributed by atoms with Gasteiger partial charge in [0.05, 0.1) is 12.2 Å². The zero-order valence-electron chi connectivity index (χ0n) is 9.98. The van der Waals surface area contributed by atoms with Crippen LogP contribution in [-0.2, 0) is 4.79 Å². The molecule has 0 spiro atoms. The van der Waals surface area contributed by atoms with Crippen molar-refractivity contribution in [2.24, 2.45) is 0 Å². The number of nitrogens with zero attached hydrogens (tertiary/aromatic N) is 1. The molecule has 18 heavy (non-hydrogen) atoms. The Hall–Kier alpha value is -1.97. The topological polar surface area (TPSA) is 64.5 Å². The minimum absolute atomic E-state index is 0.100. The highest BCUT2D eigenvalue weighted by Gasteiger charge is 2.33. The van der Waals surface area contributed by atoms with Crippen molar-refractivity contribution in [3.8, 4) is 0 Å². The van der Waals surface area contributed by atoms with Crippen LogP contribution >= 0.6 is 12.2 Å². The summed E-state index contributed by atoms with van der Waals surface area (Å²) in [4.78, 5) is 12.1. The van der Waals surface area contributed by atoms with Gasteiger partial charge < -0.3 is 15.1 Å². The molecule has 0 amide bonds. The van der Waals surface area contributed by atoms with E-state index in [2.05, 4.69) is 11.2 Å². The van der Waals surface area contributed by atoms with Crippen molar-refractivity contribution in [3.63, 3.8) is 0 Å². The number of Topliss-reactive ketones (excluding diaryl/α,β-unsaturated/α-hetero) is 1. The maximum Gasteiger partial charge on any atom is 0.158 e. The molecule has 0 radical (unpaired) electrons. The standard InChI is InChI=1S/C13H11N2O2S/c1-7-11(8(2)16)12(10-4-3-5-17-10)9(6-14)13(18)15-7/h3-5,12H,1-2H3,(H,15,18)/q-1. The minimum atomic E-state index is -0.503. The summed E-state index contributed by atoms with van der Waals surface area (Å²) in [6.45, 7) is 3.24. The second-order valence-corrected chi connectivity index (χ2v) is 4.43. The molecule has 0 fully saturated rings. The highest BCUT2D eigenvalue weighted by Crippen LogP contribution is 2.36. The van der Waals surface area contributed by atoms with Crippen molar-refractivity contribution >= 4 is 28.9 Å². The first kappa shape index (κ1) is 12.5. The van der Waals surface area contributed by atoms with Crippen LogP contribution in [0.1, 0.15) is 25.5 Å². The molecule has 0 bridgehead atoms.